The predicted octanol–water partition coefficient (Wildman–Crippen LogP) is 5.62. The molecule has 0 radical (unpaired) electrons. The van der Waals surface area contributed by atoms with Crippen LogP contribution >= 0.6 is 23.2 Å². The lowest BCUT2D eigenvalue weighted by Gasteiger charge is -2.32. The molecule has 0 bridgehead atoms. The van der Waals surface area contributed by atoms with E-state index in [2.05, 4.69) is 5.32 Å². The molecule has 3 aromatic rings. The van der Waals surface area contributed by atoms with Crippen LogP contribution in [-0.4, -0.2) is 50.5 Å². The third-order valence-electron chi connectivity index (χ3n) is 6.40. The molecule has 0 unspecified atom stereocenters. The number of nitrogens with zero attached hydrogens (tertiary/aromatic N) is 2. The molecule has 3 rings (SSSR count). The summed E-state index contributed by atoms with van der Waals surface area (Å²) >= 11 is 12.4. The molecule has 7 nitrogen and oxygen atoms in total. The Morgan fingerprint density at radius 1 is 0.925 bits per heavy atom. The van der Waals surface area contributed by atoms with Crippen LogP contribution in [0.4, 0.5) is 5.69 Å². The molecule has 0 saturated carbocycles. The van der Waals surface area contributed by atoms with Crippen molar-refractivity contribution in [2.75, 3.05) is 23.7 Å². The summed E-state index contributed by atoms with van der Waals surface area (Å²) in [4.78, 5) is 28.6. The van der Waals surface area contributed by atoms with Crippen LogP contribution in [0.5, 0.6) is 0 Å². The zero-order valence-electron chi connectivity index (χ0n) is 22.9. The van der Waals surface area contributed by atoms with Crippen LogP contribution in [0, 0.1) is 6.92 Å². The predicted molar refractivity (Wildman–Crippen MR) is 162 cm³/mol. The van der Waals surface area contributed by atoms with E-state index in [0.29, 0.717) is 28.7 Å². The minimum absolute atomic E-state index is 0.0455. The minimum Gasteiger partial charge on any atom is -0.355 e. The third-order valence-corrected chi connectivity index (χ3v) is 8.33. The molecule has 0 aliphatic rings. The Balaban J connectivity index is 1.88. The lowest BCUT2D eigenvalue weighted by molar-refractivity contribution is -0.141. The Bertz CT molecular complexity index is 1420. The van der Waals surface area contributed by atoms with Gasteiger partial charge in [-0.2, -0.15) is 0 Å². The summed E-state index contributed by atoms with van der Waals surface area (Å²) < 4.78 is 26.5. The fourth-order valence-electron chi connectivity index (χ4n) is 4.47. The first-order chi connectivity index (χ1) is 19.0. The van der Waals surface area contributed by atoms with E-state index in [9.17, 15) is 18.0 Å². The molecule has 0 heterocycles. The number of halogens is 2. The second kappa shape index (κ2) is 14.5. The van der Waals surface area contributed by atoms with Gasteiger partial charge in [-0.3, -0.25) is 13.9 Å². The van der Waals surface area contributed by atoms with Crippen molar-refractivity contribution in [2.45, 2.75) is 45.7 Å². The van der Waals surface area contributed by atoms with E-state index in [1.165, 1.54) is 4.31 Å². The number of carbonyl (C=O) groups is 2. The molecule has 0 spiro atoms. The number of hydrogen-bond acceptors (Lipinski definition) is 4. The van der Waals surface area contributed by atoms with E-state index in [0.717, 1.165) is 22.9 Å². The molecule has 10 heteroatoms. The van der Waals surface area contributed by atoms with E-state index < -0.39 is 16.1 Å². The Hall–Kier alpha value is -3.07. The van der Waals surface area contributed by atoms with Crippen LogP contribution in [-0.2, 0) is 32.6 Å². The van der Waals surface area contributed by atoms with E-state index in [-0.39, 0.29) is 37.7 Å². The van der Waals surface area contributed by atoms with Gasteiger partial charge in [-0.25, -0.2) is 8.42 Å². The highest BCUT2D eigenvalue weighted by molar-refractivity contribution is 7.92. The van der Waals surface area contributed by atoms with Gasteiger partial charge in [-0.1, -0.05) is 71.7 Å². The van der Waals surface area contributed by atoms with Crippen molar-refractivity contribution >= 4 is 50.7 Å². The molecule has 214 valence electrons. The van der Waals surface area contributed by atoms with Gasteiger partial charge in [0.1, 0.15) is 6.04 Å². The van der Waals surface area contributed by atoms with E-state index in [4.69, 9.17) is 23.2 Å². The van der Waals surface area contributed by atoms with Crippen molar-refractivity contribution in [3.63, 3.8) is 0 Å². The van der Waals surface area contributed by atoms with Gasteiger partial charge in [0.25, 0.3) is 0 Å². The van der Waals surface area contributed by atoms with Crippen molar-refractivity contribution in [3.05, 3.63) is 99.5 Å². The van der Waals surface area contributed by atoms with Gasteiger partial charge < -0.3 is 10.2 Å². The monoisotopic (exact) mass is 603 g/mol. The first-order valence-corrected chi connectivity index (χ1v) is 15.7. The number of benzene rings is 3. The Labute approximate surface area is 247 Å². The van der Waals surface area contributed by atoms with Gasteiger partial charge in [-0.15, -0.1) is 0 Å². The fourth-order valence-corrected chi connectivity index (χ4v) is 5.75. The Morgan fingerprint density at radius 2 is 1.65 bits per heavy atom. The van der Waals surface area contributed by atoms with E-state index in [1.807, 2.05) is 50.2 Å². The minimum atomic E-state index is -3.57. The molecule has 2 amide bonds. The maximum Gasteiger partial charge on any atom is 0.243 e. The summed E-state index contributed by atoms with van der Waals surface area (Å²) in [6.45, 7) is 4.40. The molecule has 0 aliphatic heterocycles. The van der Waals surface area contributed by atoms with Crippen LogP contribution in [0.2, 0.25) is 10.0 Å². The third kappa shape index (κ3) is 8.98. The number of rotatable bonds is 13. The number of anilines is 1. The highest BCUT2D eigenvalue weighted by Gasteiger charge is 2.30. The average molecular weight is 605 g/mol. The second-order valence-electron chi connectivity index (χ2n) is 9.65. The molecular weight excluding hydrogens is 569 g/mol. The summed E-state index contributed by atoms with van der Waals surface area (Å²) in [5.74, 6) is -0.534. The van der Waals surface area contributed by atoms with E-state index in [1.54, 1.807) is 41.3 Å². The number of aryl methyl sites for hydroxylation is 1. The highest BCUT2D eigenvalue weighted by atomic mass is 35.5. The summed E-state index contributed by atoms with van der Waals surface area (Å²) in [5.41, 5.74) is 3.11. The van der Waals surface area contributed by atoms with Crippen LogP contribution in [0.3, 0.4) is 0 Å². The Morgan fingerprint density at radius 3 is 2.27 bits per heavy atom. The molecule has 0 fully saturated rings. The van der Waals surface area contributed by atoms with Gasteiger partial charge in [0.05, 0.1) is 22.0 Å². The molecule has 0 aliphatic carbocycles. The number of sulfonamides is 1. The van der Waals surface area contributed by atoms with Crippen LogP contribution < -0.4 is 9.62 Å². The highest BCUT2D eigenvalue weighted by Crippen LogP contribution is 2.25. The standard InChI is InChI=1S/C30H35Cl2N3O4S/c1-4-33-30(37)28(20-23-11-6-5-7-12-23)34(21-24-15-16-26(31)27(32)19-24)29(36)14-9-17-35(40(3,38)39)25-13-8-10-22(2)18-25/h5-8,10-13,15-16,18-19,28H,4,9,14,17,20-21H2,1-3H3,(H,33,37)/t28-/m1/s1. The smallest absolute Gasteiger partial charge is 0.243 e. The molecule has 40 heavy (non-hydrogen) atoms. The van der Waals surface area contributed by atoms with Crippen LogP contribution in [0.15, 0.2) is 72.8 Å². The van der Waals surface area contributed by atoms with Gasteiger partial charge in [0.15, 0.2) is 0 Å². The molecule has 3 aromatic carbocycles. The first-order valence-electron chi connectivity index (χ1n) is 13.1. The summed E-state index contributed by atoms with van der Waals surface area (Å²) in [7, 11) is -3.57. The van der Waals surface area contributed by atoms with Gasteiger partial charge in [-0.05, 0) is 61.2 Å². The van der Waals surface area contributed by atoms with Crippen LogP contribution in [0.1, 0.15) is 36.5 Å². The average Bonchev–Trinajstić information content (AvgIpc) is 2.90. The maximum absolute atomic E-state index is 13.8. The molecule has 0 saturated heterocycles. The molecule has 1 N–H and O–H groups in total. The molecular formula is C30H35Cl2N3O4S. The quantitative estimate of drug-likeness (QED) is 0.274. The zero-order chi connectivity index (χ0) is 29.3. The van der Waals surface area contributed by atoms with Gasteiger partial charge in [0, 0.05) is 32.5 Å². The summed E-state index contributed by atoms with van der Waals surface area (Å²) in [6, 6.07) is 21.1. The van der Waals surface area contributed by atoms with Gasteiger partial charge in [0.2, 0.25) is 21.8 Å². The second-order valence-corrected chi connectivity index (χ2v) is 12.4. The number of likely N-dealkylation sites (N-methyl/N-ethyl adjacent to an activating group) is 1. The van der Waals surface area contributed by atoms with Crippen molar-refractivity contribution in [1.82, 2.24) is 10.2 Å². The lowest BCUT2D eigenvalue weighted by atomic mass is 10.0. The SMILES string of the molecule is CCNC(=O)[C@@H](Cc1ccccc1)N(Cc1ccc(Cl)c(Cl)c1)C(=O)CCCN(c1cccc(C)c1)S(C)(=O)=O. The number of carbonyl (C=O) groups excluding carboxylic acids is 2. The maximum atomic E-state index is 13.8. The van der Waals surface area contributed by atoms with Crippen molar-refractivity contribution in [1.29, 1.82) is 0 Å². The van der Waals surface area contributed by atoms with Crippen LogP contribution in [0.25, 0.3) is 0 Å². The largest absolute Gasteiger partial charge is 0.355 e. The normalized spacial score (nSPS) is 12.0. The number of amides is 2. The first kappa shape index (κ1) is 31.5. The van der Waals surface area contributed by atoms with Crippen molar-refractivity contribution in [3.8, 4) is 0 Å². The Kier molecular flexibility index (Phi) is 11.4. The zero-order valence-corrected chi connectivity index (χ0v) is 25.3. The van der Waals surface area contributed by atoms with Crippen molar-refractivity contribution in [2.24, 2.45) is 0 Å². The summed E-state index contributed by atoms with van der Waals surface area (Å²) in [5, 5.41) is 3.61. The van der Waals surface area contributed by atoms with Crippen molar-refractivity contribution < 1.29 is 18.0 Å². The fraction of sp³-hybridized carbons (Fsp3) is 0.333. The lowest BCUT2D eigenvalue weighted by Crippen LogP contribution is -2.50. The van der Waals surface area contributed by atoms with Gasteiger partial charge >= 0.3 is 0 Å². The van der Waals surface area contributed by atoms with E-state index >= 15 is 0 Å². The molecule has 1 atom stereocenters. The topological polar surface area (TPSA) is 86.8 Å². The number of hydrogen-bond donors (Lipinski definition) is 1. The summed E-state index contributed by atoms with van der Waals surface area (Å²) in [6.07, 6.45) is 1.78. The molecule has 0 aromatic heterocycles. The number of nitrogens with one attached hydrogen (secondary N) is 1.